The van der Waals surface area contributed by atoms with E-state index in [-0.39, 0.29) is 6.04 Å². The number of ether oxygens (including phenoxy) is 1. The van der Waals surface area contributed by atoms with Crippen molar-refractivity contribution in [1.29, 1.82) is 0 Å². The highest BCUT2D eigenvalue weighted by Gasteiger charge is 2.33. The predicted octanol–water partition coefficient (Wildman–Crippen LogP) is 2.06. The molecule has 0 aromatic carbocycles. The van der Waals surface area contributed by atoms with Gasteiger partial charge in [-0.15, -0.1) is 0 Å². The quantitative estimate of drug-likeness (QED) is 0.762. The summed E-state index contributed by atoms with van der Waals surface area (Å²) in [7, 11) is 0. The highest BCUT2D eigenvalue weighted by atomic mass is 16.6. The maximum Gasteiger partial charge on any atom is 0.407 e. The Kier molecular flexibility index (Phi) is 4.19. The molecule has 2 N–H and O–H groups in total. The van der Waals surface area contributed by atoms with E-state index in [4.69, 9.17) is 4.74 Å². The zero-order chi connectivity index (χ0) is 12.3. The van der Waals surface area contributed by atoms with Gasteiger partial charge in [0.15, 0.2) is 0 Å². The van der Waals surface area contributed by atoms with Crippen molar-refractivity contribution in [3.05, 3.63) is 0 Å². The number of rotatable bonds is 2. The van der Waals surface area contributed by atoms with E-state index in [0.717, 1.165) is 19.3 Å². The van der Waals surface area contributed by atoms with Gasteiger partial charge in [-0.3, -0.25) is 0 Å². The molecule has 1 fully saturated rings. The maximum atomic E-state index is 11.5. The molecule has 0 spiro atoms. The summed E-state index contributed by atoms with van der Waals surface area (Å²) in [5.41, 5.74) is -0.488. The summed E-state index contributed by atoms with van der Waals surface area (Å²) in [5.74, 6) is 0.509. The van der Waals surface area contributed by atoms with Gasteiger partial charge in [-0.25, -0.2) is 4.79 Å². The van der Waals surface area contributed by atoms with Crippen molar-refractivity contribution < 1.29 is 14.6 Å². The Morgan fingerprint density at radius 3 is 2.50 bits per heavy atom. The molecule has 16 heavy (non-hydrogen) atoms. The summed E-state index contributed by atoms with van der Waals surface area (Å²) in [6, 6.07) is -0.153. The third-order valence-electron chi connectivity index (χ3n) is 2.91. The molecule has 1 saturated carbocycles. The summed E-state index contributed by atoms with van der Waals surface area (Å²) >= 11 is 0. The molecule has 0 bridgehead atoms. The Morgan fingerprint density at radius 2 is 2.06 bits per heavy atom. The minimum Gasteiger partial charge on any atom is -0.444 e. The molecule has 1 amide bonds. The van der Waals surface area contributed by atoms with E-state index in [0.29, 0.717) is 5.92 Å². The lowest BCUT2D eigenvalue weighted by molar-refractivity contribution is 0.0450. The van der Waals surface area contributed by atoms with E-state index in [1.54, 1.807) is 0 Å². The van der Waals surface area contributed by atoms with Crippen molar-refractivity contribution in [3.63, 3.8) is 0 Å². The number of alkyl carbamates (subject to hydrolysis) is 1. The standard InChI is InChI=1S/C12H23NO3/c1-5-8-6-9(10(14)7-8)13-11(15)16-12(2,3)4/h8-10,14H,5-7H2,1-4H3,(H,13,15). The van der Waals surface area contributed by atoms with Gasteiger partial charge >= 0.3 is 6.09 Å². The SMILES string of the molecule is CCC1CC(O)C(NC(=O)OC(C)(C)C)C1. The molecule has 3 atom stereocenters. The molecule has 3 unspecified atom stereocenters. The van der Waals surface area contributed by atoms with Crippen LogP contribution in [0.3, 0.4) is 0 Å². The molecule has 1 rings (SSSR count). The number of hydrogen-bond acceptors (Lipinski definition) is 3. The van der Waals surface area contributed by atoms with E-state index in [9.17, 15) is 9.90 Å². The molecule has 1 aliphatic rings. The van der Waals surface area contributed by atoms with E-state index >= 15 is 0 Å². The summed E-state index contributed by atoms with van der Waals surface area (Å²) in [6.07, 6.45) is 1.79. The lowest BCUT2D eigenvalue weighted by atomic mass is 10.1. The zero-order valence-electron chi connectivity index (χ0n) is 10.6. The smallest absolute Gasteiger partial charge is 0.407 e. The lowest BCUT2D eigenvalue weighted by Gasteiger charge is -2.22. The molecule has 4 heteroatoms. The van der Waals surface area contributed by atoms with Gasteiger partial charge in [0.1, 0.15) is 5.60 Å². The van der Waals surface area contributed by atoms with Gasteiger partial charge in [-0.05, 0) is 39.5 Å². The highest BCUT2D eigenvalue weighted by Crippen LogP contribution is 2.28. The van der Waals surface area contributed by atoms with Crippen molar-refractivity contribution >= 4 is 6.09 Å². The number of hydrogen-bond donors (Lipinski definition) is 2. The summed E-state index contributed by atoms with van der Waals surface area (Å²) in [5, 5.41) is 12.5. The van der Waals surface area contributed by atoms with Crippen LogP contribution in [-0.4, -0.2) is 28.9 Å². The van der Waals surface area contributed by atoms with Crippen LogP contribution >= 0.6 is 0 Å². The molecule has 0 heterocycles. The molecule has 94 valence electrons. The molecule has 4 nitrogen and oxygen atoms in total. The van der Waals surface area contributed by atoms with Gasteiger partial charge in [-0.1, -0.05) is 13.3 Å². The minimum absolute atomic E-state index is 0.153. The highest BCUT2D eigenvalue weighted by molar-refractivity contribution is 5.68. The van der Waals surface area contributed by atoms with Crippen molar-refractivity contribution in [1.82, 2.24) is 5.32 Å². The van der Waals surface area contributed by atoms with Crippen LogP contribution in [0.2, 0.25) is 0 Å². The molecule has 0 aromatic heterocycles. The average molecular weight is 229 g/mol. The van der Waals surface area contributed by atoms with Crippen LogP contribution in [-0.2, 0) is 4.74 Å². The van der Waals surface area contributed by atoms with Crippen LogP contribution in [0.5, 0.6) is 0 Å². The van der Waals surface area contributed by atoms with Crippen LogP contribution in [0.25, 0.3) is 0 Å². The molecule has 0 radical (unpaired) electrons. The monoisotopic (exact) mass is 229 g/mol. The molecule has 0 aromatic rings. The van der Waals surface area contributed by atoms with Crippen LogP contribution in [0.1, 0.15) is 47.0 Å². The Morgan fingerprint density at radius 1 is 1.44 bits per heavy atom. The average Bonchev–Trinajstić information content (AvgIpc) is 2.44. The van der Waals surface area contributed by atoms with Crippen LogP contribution < -0.4 is 5.32 Å². The molecule has 0 saturated heterocycles. The first-order valence-electron chi connectivity index (χ1n) is 5.99. The van der Waals surface area contributed by atoms with Crippen molar-refractivity contribution in [2.24, 2.45) is 5.92 Å². The number of aliphatic hydroxyl groups excluding tert-OH is 1. The number of aliphatic hydroxyl groups is 1. The fourth-order valence-corrected chi connectivity index (χ4v) is 2.07. The molecule has 1 aliphatic carbocycles. The van der Waals surface area contributed by atoms with Gasteiger partial charge in [0.05, 0.1) is 12.1 Å². The maximum absolute atomic E-state index is 11.5. The lowest BCUT2D eigenvalue weighted by Crippen LogP contribution is -2.42. The third-order valence-corrected chi connectivity index (χ3v) is 2.91. The van der Waals surface area contributed by atoms with Crippen molar-refractivity contribution in [2.75, 3.05) is 0 Å². The second kappa shape index (κ2) is 5.04. The van der Waals surface area contributed by atoms with Crippen LogP contribution in [0.4, 0.5) is 4.79 Å². The summed E-state index contributed by atoms with van der Waals surface area (Å²) in [6.45, 7) is 7.58. The minimum atomic E-state index is -0.488. The first-order chi connectivity index (χ1) is 7.31. The molecule has 0 aliphatic heterocycles. The van der Waals surface area contributed by atoms with Gasteiger partial charge in [-0.2, -0.15) is 0 Å². The number of amides is 1. The normalized spacial score (nSPS) is 30.2. The number of nitrogens with one attached hydrogen (secondary N) is 1. The van der Waals surface area contributed by atoms with Crippen molar-refractivity contribution in [2.45, 2.75) is 64.7 Å². The van der Waals surface area contributed by atoms with Gasteiger partial charge in [0.2, 0.25) is 0 Å². The van der Waals surface area contributed by atoms with E-state index in [2.05, 4.69) is 12.2 Å². The summed E-state index contributed by atoms with van der Waals surface area (Å²) < 4.78 is 5.16. The second-order valence-electron chi connectivity index (χ2n) is 5.57. The first kappa shape index (κ1) is 13.3. The van der Waals surface area contributed by atoms with Crippen LogP contribution in [0.15, 0.2) is 0 Å². The summed E-state index contributed by atoms with van der Waals surface area (Å²) in [4.78, 5) is 11.5. The van der Waals surface area contributed by atoms with E-state index in [1.165, 1.54) is 0 Å². The molecular weight excluding hydrogens is 206 g/mol. The third kappa shape index (κ3) is 4.00. The Balaban J connectivity index is 2.40. The number of carbonyl (C=O) groups excluding carboxylic acids is 1. The van der Waals surface area contributed by atoms with Gasteiger partial charge in [0.25, 0.3) is 0 Å². The molecular formula is C12H23NO3. The zero-order valence-corrected chi connectivity index (χ0v) is 10.6. The first-order valence-corrected chi connectivity index (χ1v) is 5.99. The van der Waals surface area contributed by atoms with E-state index in [1.807, 2.05) is 20.8 Å². The van der Waals surface area contributed by atoms with Crippen molar-refractivity contribution in [3.8, 4) is 0 Å². The predicted molar refractivity (Wildman–Crippen MR) is 62.2 cm³/mol. The largest absolute Gasteiger partial charge is 0.444 e. The van der Waals surface area contributed by atoms with Gasteiger partial charge < -0.3 is 15.2 Å². The Labute approximate surface area is 97.4 Å². The van der Waals surface area contributed by atoms with E-state index < -0.39 is 17.8 Å². The van der Waals surface area contributed by atoms with Gasteiger partial charge in [0, 0.05) is 0 Å². The van der Waals surface area contributed by atoms with Crippen LogP contribution in [0, 0.1) is 5.92 Å². The second-order valence-corrected chi connectivity index (χ2v) is 5.57. The number of carbonyl (C=O) groups is 1. The fraction of sp³-hybridized carbons (Fsp3) is 0.917. The Bertz CT molecular complexity index is 247. The Hall–Kier alpha value is -0.770. The topological polar surface area (TPSA) is 58.6 Å². The fourth-order valence-electron chi connectivity index (χ4n) is 2.07.